The fourth-order valence-electron chi connectivity index (χ4n) is 2.35. The Morgan fingerprint density at radius 3 is 2.43 bits per heavy atom. The van der Waals surface area contributed by atoms with Crippen LogP contribution in [-0.4, -0.2) is 0 Å². The number of benzene rings is 2. The van der Waals surface area contributed by atoms with Gasteiger partial charge in [-0.15, -0.1) is 0 Å². The van der Waals surface area contributed by atoms with Crippen LogP contribution >= 0.6 is 15.9 Å². The summed E-state index contributed by atoms with van der Waals surface area (Å²) < 4.78 is 12.4. The number of furan rings is 1. The van der Waals surface area contributed by atoms with E-state index in [4.69, 9.17) is 8.83 Å². The predicted octanol–water partition coefficient (Wildman–Crippen LogP) is 4.97. The van der Waals surface area contributed by atoms with Crippen LogP contribution in [0.5, 0.6) is 0 Å². The molecule has 2 heterocycles. The lowest BCUT2D eigenvalue weighted by Crippen LogP contribution is -1.99. The van der Waals surface area contributed by atoms with Crippen LogP contribution in [0.1, 0.15) is 0 Å². The fraction of sp³-hybridized carbons (Fsp3) is 0. The van der Waals surface area contributed by atoms with Crippen molar-refractivity contribution in [3.8, 4) is 11.5 Å². The predicted molar refractivity (Wildman–Crippen MR) is 85.4 cm³/mol. The van der Waals surface area contributed by atoms with Crippen molar-refractivity contribution in [3.63, 3.8) is 0 Å². The van der Waals surface area contributed by atoms with E-state index in [2.05, 4.69) is 15.9 Å². The van der Waals surface area contributed by atoms with E-state index in [1.165, 1.54) is 6.07 Å². The van der Waals surface area contributed by atoms with Crippen LogP contribution < -0.4 is 5.43 Å². The molecule has 2 aromatic carbocycles. The normalized spacial score (nSPS) is 11.3. The van der Waals surface area contributed by atoms with Crippen LogP contribution in [0.2, 0.25) is 0 Å². The third-order valence-electron chi connectivity index (χ3n) is 3.36. The third kappa shape index (κ3) is 2.08. The standard InChI is InChI=1S/C17H9BrO3/c18-11-5-6-15-12(8-11)13(19)9-17(21-15)16-7-10-3-1-2-4-14(10)20-16/h1-9H. The van der Waals surface area contributed by atoms with Gasteiger partial charge in [0.15, 0.2) is 16.9 Å². The first kappa shape index (κ1) is 12.4. The van der Waals surface area contributed by atoms with Crippen LogP contribution in [0.25, 0.3) is 33.5 Å². The summed E-state index contributed by atoms with van der Waals surface area (Å²) in [5.74, 6) is 0.990. The number of rotatable bonds is 1. The Hall–Kier alpha value is -2.33. The molecule has 4 aromatic rings. The van der Waals surface area contributed by atoms with E-state index < -0.39 is 0 Å². The zero-order valence-corrected chi connectivity index (χ0v) is 12.4. The molecule has 0 N–H and O–H groups in total. The van der Waals surface area contributed by atoms with E-state index in [9.17, 15) is 4.79 Å². The Bertz CT molecular complexity index is 994. The molecule has 3 nitrogen and oxygen atoms in total. The molecule has 0 saturated carbocycles. The highest BCUT2D eigenvalue weighted by molar-refractivity contribution is 9.10. The molecule has 0 amide bonds. The van der Waals surface area contributed by atoms with Gasteiger partial charge in [-0.1, -0.05) is 34.1 Å². The van der Waals surface area contributed by atoms with Gasteiger partial charge < -0.3 is 8.83 Å². The van der Waals surface area contributed by atoms with E-state index in [1.807, 2.05) is 36.4 Å². The van der Waals surface area contributed by atoms with Gasteiger partial charge in [0.25, 0.3) is 0 Å². The van der Waals surface area contributed by atoms with Crippen LogP contribution in [-0.2, 0) is 0 Å². The molecule has 21 heavy (non-hydrogen) atoms. The van der Waals surface area contributed by atoms with Crippen molar-refractivity contribution in [2.45, 2.75) is 0 Å². The third-order valence-corrected chi connectivity index (χ3v) is 3.85. The summed E-state index contributed by atoms with van der Waals surface area (Å²) in [5, 5.41) is 1.52. The maximum atomic E-state index is 12.2. The van der Waals surface area contributed by atoms with E-state index in [1.54, 1.807) is 12.1 Å². The van der Waals surface area contributed by atoms with Crippen molar-refractivity contribution in [3.05, 3.63) is 69.3 Å². The zero-order valence-electron chi connectivity index (χ0n) is 10.8. The summed E-state index contributed by atoms with van der Waals surface area (Å²) in [6, 6.07) is 16.4. The molecule has 0 aliphatic rings. The fourth-order valence-corrected chi connectivity index (χ4v) is 2.71. The number of halogens is 1. The molecule has 0 aliphatic heterocycles. The van der Waals surface area contributed by atoms with Gasteiger partial charge in [-0.05, 0) is 30.3 Å². The van der Waals surface area contributed by atoms with E-state index >= 15 is 0 Å². The molecule has 0 fully saturated rings. The molecule has 4 rings (SSSR count). The summed E-state index contributed by atoms with van der Waals surface area (Å²) in [5.41, 5.74) is 1.22. The lowest BCUT2D eigenvalue weighted by Gasteiger charge is -2.00. The first-order valence-corrected chi connectivity index (χ1v) is 7.22. The summed E-state index contributed by atoms with van der Waals surface area (Å²) in [7, 11) is 0. The quantitative estimate of drug-likeness (QED) is 0.491. The molecule has 4 heteroatoms. The van der Waals surface area contributed by atoms with E-state index in [0.717, 1.165) is 15.4 Å². The Labute approximate surface area is 127 Å². The topological polar surface area (TPSA) is 43.4 Å². The maximum Gasteiger partial charge on any atom is 0.193 e. The Morgan fingerprint density at radius 2 is 1.57 bits per heavy atom. The second kappa shape index (κ2) is 4.60. The van der Waals surface area contributed by atoms with E-state index in [-0.39, 0.29) is 5.43 Å². The highest BCUT2D eigenvalue weighted by Gasteiger charge is 2.11. The average molecular weight is 341 g/mol. The van der Waals surface area contributed by atoms with Gasteiger partial charge in [0.2, 0.25) is 0 Å². The van der Waals surface area contributed by atoms with Gasteiger partial charge in [-0.2, -0.15) is 0 Å². The van der Waals surface area contributed by atoms with Crippen LogP contribution in [0, 0.1) is 0 Å². The number of hydrogen-bond acceptors (Lipinski definition) is 3. The molecule has 0 saturated heterocycles. The minimum Gasteiger partial charge on any atom is -0.453 e. The molecule has 2 aromatic heterocycles. The SMILES string of the molecule is O=c1cc(-c2cc3ccccc3o2)oc2ccc(Br)cc12. The lowest BCUT2D eigenvalue weighted by molar-refractivity contribution is 0.562. The first-order valence-electron chi connectivity index (χ1n) is 6.43. The Morgan fingerprint density at radius 1 is 0.810 bits per heavy atom. The minimum atomic E-state index is -0.0898. The van der Waals surface area contributed by atoms with Gasteiger partial charge in [0.05, 0.1) is 5.39 Å². The van der Waals surface area contributed by atoms with Gasteiger partial charge >= 0.3 is 0 Å². The summed E-state index contributed by atoms with van der Waals surface area (Å²) in [6.45, 7) is 0. The van der Waals surface area contributed by atoms with Crippen molar-refractivity contribution in [2.75, 3.05) is 0 Å². The Kier molecular flexibility index (Phi) is 2.72. The van der Waals surface area contributed by atoms with Crippen molar-refractivity contribution < 1.29 is 8.83 Å². The van der Waals surface area contributed by atoms with Crippen LogP contribution in [0.3, 0.4) is 0 Å². The maximum absolute atomic E-state index is 12.2. The average Bonchev–Trinajstić information content (AvgIpc) is 2.92. The van der Waals surface area contributed by atoms with Crippen molar-refractivity contribution in [1.82, 2.24) is 0 Å². The highest BCUT2D eigenvalue weighted by atomic mass is 79.9. The molecular weight excluding hydrogens is 332 g/mol. The van der Waals surface area contributed by atoms with E-state index in [0.29, 0.717) is 22.5 Å². The van der Waals surface area contributed by atoms with Gasteiger partial charge in [-0.25, -0.2) is 0 Å². The summed E-state index contributed by atoms with van der Waals surface area (Å²) in [4.78, 5) is 12.2. The number of para-hydroxylation sites is 1. The smallest absolute Gasteiger partial charge is 0.193 e. The highest BCUT2D eigenvalue weighted by Crippen LogP contribution is 2.29. The summed E-state index contributed by atoms with van der Waals surface area (Å²) >= 11 is 3.35. The molecule has 0 bridgehead atoms. The monoisotopic (exact) mass is 340 g/mol. The molecule has 102 valence electrons. The Balaban J connectivity index is 1.98. The minimum absolute atomic E-state index is 0.0898. The molecule has 0 unspecified atom stereocenters. The van der Waals surface area contributed by atoms with Crippen LogP contribution in [0.15, 0.2) is 72.7 Å². The zero-order chi connectivity index (χ0) is 14.4. The van der Waals surface area contributed by atoms with Gasteiger partial charge in [0.1, 0.15) is 11.2 Å². The van der Waals surface area contributed by atoms with Gasteiger partial charge in [0, 0.05) is 15.9 Å². The van der Waals surface area contributed by atoms with Crippen molar-refractivity contribution in [1.29, 1.82) is 0 Å². The van der Waals surface area contributed by atoms with Gasteiger partial charge in [-0.3, -0.25) is 4.79 Å². The summed E-state index contributed by atoms with van der Waals surface area (Å²) in [6.07, 6.45) is 0. The largest absolute Gasteiger partial charge is 0.453 e. The number of hydrogen-bond donors (Lipinski definition) is 0. The van der Waals surface area contributed by atoms with Crippen LogP contribution in [0.4, 0.5) is 0 Å². The first-order chi connectivity index (χ1) is 10.2. The molecule has 0 aliphatic carbocycles. The van der Waals surface area contributed by atoms with Crippen molar-refractivity contribution in [2.24, 2.45) is 0 Å². The second-order valence-corrected chi connectivity index (χ2v) is 5.68. The lowest BCUT2D eigenvalue weighted by atomic mass is 10.2. The molecule has 0 spiro atoms. The number of fused-ring (bicyclic) bond motifs is 2. The van der Waals surface area contributed by atoms with Crippen molar-refractivity contribution >= 4 is 37.9 Å². The second-order valence-electron chi connectivity index (χ2n) is 4.76. The molecule has 0 atom stereocenters. The molecular formula is C17H9BrO3. The molecule has 0 radical (unpaired) electrons.